The van der Waals surface area contributed by atoms with Crippen LogP contribution >= 0.6 is 34.4 Å². The van der Waals surface area contributed by atoms with Gasteiger partial charge >= 0.3 is 0 Å². The number of carbonyl (C=O) groups is 1. The maximum Gasteiger partial charge on any atom is 0.263 e. The lowest BCUT2D eigenvalue weighted by molar-refractivity contribution is -0.120. The fourth-order valence-corrected chi connectivity index (χ4v) is 7.84. The molecular weight excluding hydrogens is 475 g/mol. The van der Waals surface area contributed by atoms with Crippen molar-refractivity contribution in [3.63, 3.8) is 0 Å². The summed E-state index contributed by atoms with van der Waals surface area (Å²) in [5.74, 6) is -0.193. The molecule has 2 atom stereocenters. The van der Waals surface area contributed by atoms with Gasteiger partial charge < -0.3 is 5.32 Å². The van der Waals surface area contributed by atoms with E-state index in [4.69, 9.17) is 0 Å². The van der Waals surface area contributed by atoms with E-state index in [1.54, 1.807) is 24.3 Å². The summed E-state index contributed by atoms with van der Waals surface area (Å²) in [6, 6.07) is 3.55. The third-order valence-corrected chi connectivity index (χ3v) is 9.62. The van der Waals surface area contributed by atoms with Crippen molar-refractivity contribution in [3.8, 4) is 10.4 Å². The molecule has 1 aliphatic rings. The third-order valence-electron chi connectivity index (χ3n) is 4.99. The number of sulfone groups is 1. The van der Waals surface area contributed by atoms with Crippen molar-refractivity contribution in [2.24, 2.45) is 0 Å². The summed E-state index contributed by atoms with van der Waals surface area (Å²) in [5.41, 5.74) is 0.710. The maximum absolute atomic E-state index is 13.3. The van der Waals surface area contributed by atoms with E-state index in [9.17, 15) is 18.0 Å². The zero-order chi connectivity index (χ0) is 22.2. The Morgan fingerprint density at radius 3 is 2.94 bits per heavy atom. The quantitative estimate of drug-likeness (QED) is 0.307. The number of carbonyl (C=O) groups excluding carboxylic acids is 1. The standard InChI is InChI=1S/C20H21N3O4S4/c1-3-7-23-19(25)16-14(15-5-4-8-28-15)10-29-18(16)22-20(23)30-12(2)17(24)21-13-6-9-31(26,27)11-13/h3-5,8,10,12-13H,1,6-7,9,11H2,2H3,(H,21,24)/t12-,13-/m0/s1. The Balaban J connectivity index is 1.62. The first-order chi connectivity index (χ1) is 14.8. The largest absolute Gasteiger partial charge is 0.351 e. The predicted octanol–water partition coefficient (Wildman–Crippen LogP) is 3.16. The van der Waals surface area contributed by atoms with Crippen LogP contribution < -0.4 is 10.9 Å². The predicted molar refractivity (Wildman–Crippen MR) is 128 cm³/mol. The van der Waals surface area contributed by atoms with E-state index in [1.165, 1.54) is 27.7 Å². The molecule has 1 N–H and O–H groups in total. The molecule has 31 heavy (non-hydrogen) atoms. The van der Waals surface area contributed by atoms with Gasteiger partial charge in [-0.3, -0.25) is 14.2 Å². The first kappa shape index (κ1) is 22.3. The second-order valence-corrected chi connectivity index (χ2v) is 12.6. The van der Waals surface area contributed by atoms with Crippen molar-refractivity contribution in [1.82, 2.24) is 14.9 Å². The van der Waals surface area contributed by atoms with Crippen molar-refractivity contribution in [3.05, 3.63) is 45.9 Å². The summed E-state index contributed by atoms with van der Waals surface area (Å²) in [4.78, 5) is 32.3. The number of nitrogens with one attached hydrogen (secondary N) is 1. The molecule has 1 fully saturated rings. The van der Waals surface area contributed by atoms with Crippen LogP contribution in [0.3, 0.4) is 0 Å². The van der Waals surface area contributed by atoms with Crippen LogP contribution in [0.4, 0.5) is 0 Å². The number of thioether (sulfide) groups is 1. The number of amides is 1. The monoisotopic (exact) mass is 495 g/mol. The molecule has 164 valence electrons. The van der Waals surface area contributed by atoms with Crippen LogP contribution in [0.5, 0.6) is 0 Å². The second-order valence-electron chi connectivity index (χ2n) is 7.27. The van der Waals surface area contributed by atoms with Crippen LogP contribution in [0.1, 0.15) is 13.3 Å². The lowest BCUT2D eigenvalue weighted by Gasteiger charge is -2.17. The zero-order valence-corrected chi connectivity index (χ0v) is 20.0. The number of fused-ring (bicyclic) bond motifs is 1. The molecule has 1 aliphatic heterocycles. The Hall–Kier alpha value is -1.95. The van der Waals surface area contributed by atoms with Crippen molar-refractivity contribution in [1.29, 1.82) is 0 Å². The minimum absolute atomic E-state index is 0.0256. The lowest BCUT2D eigenvalue weighted by Crippen LogP contribution is -2.40. The zero-order valence-electron chi connectivity index (χ0n) is 16.7. The fraction of sp³-hybridized carbons (Fsp3) is 0.350. The Morgan fingerprint density at radius 2 is 2.29 bits per heavy atom. The highest BCUT2D eigenvalue weighted by molar-refractivity contribution is 8.00. The van der Waals surface area contributed by atoms with E-state index in [0.717, 1.165) is 10.4 Å². The van der Waals surface area contributed by atoms with Gasteiger partial charge in [-0.1, -0.05) is 23.9 Å². The minimum Gasteiger partial charge on any atom is -0.351 e. The summed E-state index contributed by atoms with van der Waals surface area (Å²) in [6.07, 6.45) is 2.06. The smallest absolute Gasteiger partial charge is 0.263 e. The number of thiophene rings is 2. The normalized spacial score (nSPS) is 18.8. The van der Waals surface area contributed by atoms with Gasteiger partial charge in [0.25, 0.3) is 5.56 Å². The van der Waals surface area contributed by atoms with Crippen LogP contribution in [0.15, 0.2) is 45.5 Å². The number of hydrogen-bond donors (Lipinski definition) is 1. The summed E-state index contributed by atoms with van der Waals surface area (Å²) < 4.78 is 24.8. The Kier molecular flexibility index (Phi) is 6.38. The molecule has 1 saturated heterocycles. The summed E-state index contributed by atoms with van der Waals surface area (Å²) in [6.45, 7) is 5.75. The van der Waals surface area contributed by atoms with Crippen LogP contribution in [0.2, 0.25) is 0 Å². The van der Waals surface area contributed by atoms with E-state index >= 15 is 0 Å². The molecule has 1 amide bonds. The summed E-state index contributed by atoms with van der Waals surface area (Å²) in [5, 5.41) is 7.19. The number of aromatic nitrogens is 2. The molecule has 0 spiro atoms. The number of nitrogens with zero attached hydrogens (tertiary/aromatic N) is 2. The van der Waals surface area contributed by atoms with Crippen molar-refractivity contribution >= 4 is 60.4 Å². The van der Waals surface area contributed by atoms with Crippen molar-refractivity contribution in [2.75, 3.05) is 11.5 Å². The van der Waals surface area contributed by atoms with E-state index in [2.05, 4.69) is 16.9 Å². The first-order valence-electron chi connectivity index (χ1n) is 9.63. The molecular formula is C20H21N3O4S4. The van der Waals surface area contributed by atoms with Gasteiger partial charge in [0.2, 0.25) is 5.91 Å². The van der Waals surface area contributed by atoms with Crippen LogP contribution in [-0.4, -0.2) is 46.7 Å². The maximum atomic E-state index is 13.3. The average molecular weight is 496 g/mol. The van der Waals surface area contributed by atoms with Crippen molar-refractivity contribution < 1.29 is 13.2 Å². The molecule has 3 aromatic heterocycles. The molecule has 0 saturated carbocycles. The Bertz CT molecular complexity index is 1290. The molecule has 0 radical (unpaired) electrons. The van der Waals surface area contributed by atoms with Crippen LogP contribution in [0, 0.1) is 0 Å². The fourth-order valence-electron chi connectivity index (χ4n) is 3.44. The van der Waals surface area contributed by atoms with Gasteiger partial charge in [0.05, 0.1) is 22.1 Å². The van der Waals surface area contributed by atoms with E-state index in [-0.39, 0.29) is 35.6 Å². The number of allylic oxidation sites excluding steroid dienone is 1. The topological polar surface area (TPSA) is 98.1 Å². The van der Waals surface area contributed by atoms with E-state index in [1.807, 2.05) is 22.9 Å². The third kappa shape index (κ3) is 4.64. The van der Waals surface area contributed by atoms with Gasteiger partial charge in [-0.25, -0.2) is 13.4 Å². The molecule has 0 aliphatic carbocycles. The van der Waals surface area contributed by atoms with E-state index < -0.39 is 15.1 Å². The minimum atomic E-state index is -3.07. The Morgan fingerprint density at radius 1 is 1.48 bits per heavy atom. The highest BCUT2D eigenvalue weighted by atomic mass is 32.2. The molecule has 7 nitrogen and oxygen atoms in total. The van der Waals surface area contributed by atoms with Crippen molar-refractivity contribution in [2.45, 2.75) is 36.3 Å². The Labute approximate surface area is 192 Å². The lowest BCUT2D eigenvalue weighted by atomic mass is 10.2. The van der Waals surface area contributed by atoms with Crippen LogP contribution in [0.25, 0.3) is 20.7 Å². The van der Waals surface area contributed by atoms with Gasteiger partial charge in [0.1, 0.15) is 4.83 Å². The highest BCUT2D eigenvalue weighted by Gasteiger charge is 2.30. The van der Waals surface area contributed by atoms with Gasteiger partial charge in [0.15, 0.2) is 15.0 Å². The average Bonchev–Trinajstić information content (AvgIpc) is 3.44. The summed E-state index contributed by atoms with van der Waals surface area (Å²) >= 11 is 4.16. The molecule has 11 heteroatoms. The number of rotatable bonds is 7. The molecule has 4 heterocycles. The molecule has 0 unspecified atom stereocenters. The van der Waals surface area contributed by atoms with Gasteiger partial charge in [-0.05, 0) is 24.8 Å². The second kappa shape index (κ2) is 8.89. The number of hydrogen-bond acceptors (Lipinski definition) is 8. The van der Waals surface area contributed by atoms with Gasteiger partial charge in [0, 0.05) is 28.4 Å². The first-order valence-corrected chi connectivity index (χ1v) is 14.1. The molecule has 0 bridgehead atoms. The highest BCUT2D eigenvalue weighted by Crippen LogP contribution is 2.35. The van der Waals surface area contributed by atoms with Gasteiger partial charge in [-0.15, -0.1) is 29.3 Å². The SMILES string of the molecule is C=CCn1c(S[C@@H](C)C(=O)N[C@H]2CCS(=O)(=O)C2)nc2scc(-c3cccs3)c2c1=O. The van der Waals surface area contributed by atoms with Gasteiger partial charge in [-0.2, -0.15) is 0 Å². The molecule has 3 aromatic rings. The van der Waals surface area contributed by atoms with E-state index in [0.29, 0.717) is 21.8 Å². The summed E-state index contributed by atoms with van der Waals surface area (Å²) in [7, 11) is -3.07. The molecule has 4 rings (SSSR count). The van der Waals surface area contributed by atoms with Crippen LogP contribution in [-0.2, 0) is 21.2 Å². The molecule has 0 aromatic carbocycles.